The highest BCUT2D eigenvalue weighted by Gasteiger charge is 2.33. The summed E-state index contributed by atoms with van der Waals surface area (Å²) in [5.41, 5.74) is 9.24. The fourth-order valence-corrected chi connectivity index (χ4v) is 2.83. The van der Waals surface area contributed by atoms with Crippen LogP contribution in [0, 0.1) is 0 Å². The Balaban J connectivity index is 2.23. The summed E-state index contributed by atoms with van der Waals surface area (Å²) in [6.07, 6.45) is 5.52. The molecule has 0 bridgehead atoms. The fraction of sp³-hybridized carbons (Fsp3) is 0.500. The van der Waals surface area contributed by atoms with Crippen LogP contribution in [0.4, 0.5) is 0 Å². The van der Waals surface area contributed by atoms with E-state index >= 15 is 0 Å². The Bertz CT molecular complexity index is 324. The van der Waals surface area contributed by atoms with Crippen molar-refractivity contribution in [2.45, 2.75) is 24.8 Å². The zero-order chi connectivity index (χ0) is 10.0. The molecule has 1 aromatic rings. The minimum atomic E-state index is -0.0421. The lowest BCUT2D eigenvalue weighted by atomic mass is 9.90. The van der Waals surface area contributed by atoms with Crippen molar-refractivity contribution in [1.29, 1.82) is 0 Å². The third kappa shape index (κ3) is 1.69. The summed E-state index contributed by atoms with van der Waals surface area (Å²) >= 11 is 1.88. The number of hydrogen-bond donors (Lipinski definition) is 1. The van der Waals surface area contributed by atoms with Gasteiger partial charge in [-0.15, -0.1) is 0 Å². The number of nitrogens with two attached hydrogens (primary N) is 1. The maximum absolute atomic E-state index is 6.44. The molecule has 1 aromatic carbocycles. The lowest BCUT2D eigenvalue weighted by Gasteiger charge is -2.25. The molecule has 0 aromatic heterocycles. The predicted molar refractivity (Wildman–Crippen MR) is 63.6 cm³/mol. The van der Waals surface area contributed by atoms with Crippen molar-refractivity contribution in [3.63, 3.8) is 0 Å². The van der Waals surface area contributed by atoms with Crippen molar-refractivity contribution < 1.29 is 0 Å². The molecular weight excluding hydrogens is 190 g/mol. The van der Waals surface area contributed by atoms with Gasteiger partial charge in [0.25, 0.3) is 0 Å². The van der Waals surface area contributed by atoms with Crippen molar-refractivity contribution in [1.82, 2.24) is 0 Å². The van der Waals surface area contributed by atoms with Crippen LogP contribution >= 0.6 is 11.8 Å². The average molecular weight is 207 g/mol. The van der Waals surface area contributed by atoms with Gasteiger partial charge in [0.2, 0.25) is 0 Å². The highest BCUT2D eigenvalue weighted by molar-refractivity contribution is 7.98. The molecule has 0 amide bonds. The maximum Gasteiger partial charge on any atom is 0.0423 e. The van der Waals surface area contributed by atoms with Gasteiger partial charge >= 0.3 is 0 Å². The van der Waals surface area contributed by atoms with E-state index in [0.29, 0.717) is 0 Å². The summed E-state index contributed by atoms with van der Waals surface area (Å²) in [4.78, 5) is 0. The molecular formula is C12H17NS. The minimum absolute atomic E-state index is 0.0421. The smallest absolute Gasteiger partial charge is 0.0423 e. The first-order chi connectivity index (χ1) is 6.76. The van der Waals surface area contributed by atoms with Gasteiger partial charge in [0, 0.05) is 5.54 Å². The summed E-state index contributed by atoms with van der Waals surface area (Å²) in [5, 5.41) is 0. The summed E-state index contributed by atoms with van der Waals surface area (Å²) in [5.74, 6) is 1.16. The largest absolute Gasteiger partial charge is 0.321 e. The van der Waals surface area contributed by atoms with Gasteiger partial charge in [-0.25, -0.2) is 0 Å². The lowest BCUT2D eigenvalue weighted by Crippen LogP contribution is -2.34. The second-order valence-corrected chi connectivity index (χ2v) is 5.04. The number of fused-ring (bicyclic) bond motifs is 1. The molecule has 14 heavy (non-hydrogen) atoms. The summed E-state index contributed by atoms with van der Waals surface area (Å²) in [7, 11) is 0. The molecule has 76 valence electrons. The van der Waals surface area contributed by atoms with E-state index in [9.17, 15) is 0 Å². The van der Waals surface area contributed by atoms with Gasteiger partial charge in [-0.05, 0) is 42.4 Å². The highest BCUT2D eigenvalue weighted by atomic mass is 32.2. The van der Waals surface area contributed by atoms with Gasteiger partial charge in [0.15, 0.2) is 0 Å². The Kier molecular flexibility index (Phi) is 2.84. The third-order valence-corrected chi connectivity index (χ3v) is 3.76. The van der Waals surface area contributed by atoms with Crippen molar-refractivity contribution in [2.24, 2.45) is 5.73 Å². The van der Waals surface area contributed by atoms with Gasteiger partial charge in [-0.3, -0.25) is 0 Å². The van der Waals surface area contributed by atoms with Gasteiger partial charge in [-0.2, -0.15) is 11.8 Å². The molecule has 1 atom stereocenters. The molecule has 0 aliphatic heterocycles. The average Bonchev–Trinajstić information content (AvgIpc) is 2.55. The predicted octanol–water partition coefficient (Wildman–Crippen LogP) is 2.54. The van der Waals surface area contributed by atoms with Crippen LogP contribution in [0.1, 0.15) is 24.0 Å². The monoisotopic (exact) mass is 207 g/mol. The Morgan fingerprint density at radius 2 is 2.21 bits per heavy atom. The molecule has 0 radical (unpaired) electrons. The molecule has 2 N–H and O–H groups in total. The maximum atomic E-state index is 6.44. The van der Waals surface area contributed by atoms with Crippen LogP contribution in [0.3, 0.4) is 0 Å². The molecule has 1 aliphatic rings. The van der Waals surface area contributed by atoms with E-state index in [-0.39, 0.29) is 5.54 Å². The first-order valence-electron chi connectivity index (χ1n) is 5.12. The second kappa shape index (κ2) is 3.95. The molecule has 1 nitrogen and oxygen atoms in total. The number of aryl methyl sites for hydroxylation is 1. The molecule has 1 unspecified atom stereocenters. The fourth-order valence-electron chi connectivity index (χ4n) is 2.26. The standard InChI is InChI=1S/C12H17NS/c1-14-9-8-12(13)7-6-10-4-2-3-5-11(10)12/h2-5H,6-9,13H2,1H3. The van der Waals surface area contributed by atoms with Gasteiger partial charge in [0.1, 0.15) is 0 Å². The van der Waals surface area contributed by atoms with Crippen molar-refractivity contribution >= 4 is 11.8 Å². The number of benzene rings is 1. The van der Waals surface area contributed by atoms with E-state index in [1.165, 1.54) is 11.1 Å². The Morgan fingerprint density at radius 1 is 1.43 bits per heavy atom. The molecule has 2 heteroatoms. The second-order valence-electron chi connectivity index (χ2n) is 4.06. The topological polar surface area (TPSA) is 26.0 Å². The van der Waals surface area contributed by atoms with Gasteiger partial charge in [-0.1, -0.05) is 24.3 Å². The molecule has 2 rings (SSSR count). The van der Waals surface area contributed by atoms with Crippen LogP contribution in [0.2, 0.25) is 0 Å². The number of hydrogen-bond acceptors (Lipinski definition) is 2. The Hall–Kier alpha value is -0.470. The molecule has 0 saturated heterocycles. The molecule has 1 aliphatic carbocycles. The first-order valence-corrected chi connectivity index (χ1v) is 6.52. The van der Waals surface area contributed by atoms with Crippen LogP contribution in [-0.2, 0) is 12.0 Å². The van der Waals surface area contributed by atoms with Crippen LogP contribution in [-0.4, -0.2) is 12.0 Å². The normalized spacial score (nSPS) is 25.0. The van der Waals surface area contributed by atoms with E-state index in [0.717, 1.165) is 25.0 Å². The van der Waals surface area contributed by atoms with Crippen molar-refractivity contribution in [3.05, 3.63) is 35.4 Å². The van der Waals surface area contributed by atoms with Crippen molar-refractivity contribution in [3.8, 4) is 0 Å². The minimum Gasteiger partial charge on any atom is -0.321 e. The summed E-state index contributed by atoms with van der Waals surface area (Å²) in [6, 6.07) is 8.62. The molecule has 0 spiro atoms. The van der Waals surface area contributed by atoms with Crippen LogP contribution in [0.15, 0.2) is 24.3 Å². The summed E-state index contributed by atoms with van der Waals surface area (Å²) < 4.78 is 0. The quantitative estimate of drug-likeness (QED) is 0.824. The third-order valence-electron chi connectivity index (χ3n) is 3.15. The van der Waals surface area contributed by atoms with E-state index in [1.807, 2.05) is 11.8 Å². The molecule has 0 heterocycles. The molecule has 0 saturated carbocycles. The number of rotatable bonds is 3. The first kappa shape index (κ1) is 10.1. The zero-order valence-corrected chi connectivity index (χ0v) is 9.44. The van der Waals surface area contributed by atoms with E-state index in [1.54, 1.807) is 0 Å². The highest BCUT2D eigenvalue weighted by Crippen LogP contribution is 2.37. The van der Waals surface area contributed by atoms with E-state index in [4.69, 9.17) is 5.73 Å². The lowest BCUT2D eigenvalue weighted by molar-refractivity contribution is 0.430. The van der Waals surface area contributed by atoms with Crippen LogP contribution in [0.5, 0.6) is 0 Å². The van der Waals surface area contributed by atoms with Crippen LogP contribution < -0.4 is 5.73 Å². The Labute approximate surface area is 90.1 Å². The summed E-state index contributed by atoms with van der Waals surface area (Å²) in [6.45, 7) is 0. The number of thioether (sulfide) groups is 1. The SMILES string of the molecule is CSCCC1(N)CCc2ccccc21. The molecule has 0 fully saturated rings. The van der Waals surface area contributed by atoms with E-state index in [2.05, 4.69) is 30.5 Å². The zero-order valence-electron chi connectivity index (χ0n) is 8.62. The van der Waals surface area contributed by atoms with Gasteiger partial charge in [0.05, 0.1) is 0 Å². The van der Waals surface area contributed by atoms with Crippen molar-refractivity contribution in [2.75, 3.05) is 12.0 Å². The van der Waals surface area contributed by atoms with E-state index < -0.39 is 0 Å². The van der Waals surface area contributed by atoms with Gasteiger partial charge < -0.3 is 5.73 Å². The Morgan fingerprint density at radius 3 is 3.00 bits per heavy atom. The van der Waals surface area contributed by atoms with Crippen LogP contribution in [0.25, 0.3) is 0 Å².